The summed E-state index contributed by atoms with van der Waals surface area (Å²) in [5.41, 5.74) is 0. The molecule has 4 heteroatoms. The number of aromatic nitrogens is 1. The van der Waals surface area contributed by atoms with E-state index in [-0.39, 0.29) is 12.0 Å². The second kappa shape index (κ2) is 8.32. The highest BCUT2D eigenvalue weighted by Crippen LogP contribution is 2.27. The zero-order valence-corrected chi connectivity index (χ0v) is 13.9. The average Bonchev–Trinajstić information content (AvgIpc) is 2.58. The van der Waals surface area contributed by atoms with Crippen molar-refractivity contribution in [1.82, 2.24) is 10.3 Å². The molecule has 0 spiro atoms. The summed E-state index contributed by atoms with van der Waals surface area (Å²) < 4.78 is 5.91. The highest BCUT2D eigenvalue weighted by atomic mass is 16.5. The summed E-state index contributed by atoms with van der Waals surface area (Å²) in [4.78, 5) is 16.4. The third-order valence-electron chi connectivity index (χ3n) is 5.16. The minimum Gasteiger partial charge on any atom is -0.474 e. The Morgan fingerprint density at radius 2 is 1.87 bits per heavy atom. The van der Waals surface area contributed by atoms with Gasteiger partial charge in [-0.05, 0) is 50.5 Å². The zero-order chi connectivity index (χ0) is 15.9. The highest BCUT2D eigenvalue weighted by molar-refractivity contribution is 5.76. The highest BCUT2D eigenvalue weighted by Gasteiger charge is 2.25. The molecule has 4 nitrogen and oxygen atoms in total. The van der Waals surface area contributed by atoms with Crippen molar-refractivity contribution in [3.63, 3.8) is 0 Å². The van der Waals surface area contributed by atoms with E-state index in [0.717, 1.165) is 32.1 Å². The van der Waals surface area contributed by atoms with Gasteiger partial charge in [0.2, 0.25) is 11.8 Å². The maximum absolute atomic E-state index is 12.2. The van der Waals surface area contributed by atoms with Crippen LogP contribution in [-0.4, -0.2) is 23.0 Å². The first-order chi connectivity index (χ1) is 11.3. The summed E-state index contributed by atoms with van der Waals surface area (Å²) >= 11 is 0. The third-order valence-corrected chi connectivity index (χ3v) is 5.16. The first kappa shape index (κ1) is 16.3. The van der Waals surface area contributed by atoms with Crippen LogP contribution in [0.3, 0.4) is 0 Å². The van der Waals surface area contributed by atoms with Crippen LogP contribution in [0.2, 0.25) is 0 Å². The number of rotatable bonds is 5. The zero-order valence-electron chi connectivity index (χ0n) is 13.9. The lowest BCUT2D eigenvalue weighted by Crippen LogP contribution is -2.40. The summed E-state index contributed by atoms with van der Waals surface area (Å²) in [7, 11) is 0. The van der Waals surface area contributed by atoms with E-state index < -0.39 is 0 Å². The summed E-state index contributed by atoms with van der Waals surface area (Å²) in [6.45, 7) is 0. The first-order valence-corrected chi connectivity index (χ1v) is 9.16. The molecule has 0 saturated heterocycles. The van der Waals surface area contributed by atoms with Crippen LogP contribution in [0.4, 0.5) is 0 Å². The fraction of sp³-hybridized carbons (Fsp3) is 0.684. The van der Waals surface area contributed by atoms with Crippen molar-refractivity contribution < 1.29 is 9.53 Å². The molecule has 0 bridgehead atoms. The number of hydrogen-bond acceptors (Lipinski definition) is 3. The molecule has 1 aromatic rings. The largest absolute Gasteiger partial charge is 0.474 e. The van der Waals surface area contributed by atoms with Gasteiger partial charge in [-0.1, -0.05) is 25.3 Å². The second-order valence-corrected chi connectivity index (χ2v) is 7.04. The van der Waals surface area contributed by atoms with Crippen molar-refractivity contribution in [3.05, 3.63) is 24.4 Å². The Labute approximate surface area is 139 Å². The number of nitrogens with zero attached hydrogens (tertiary/aromatic N) is 1. The van der Waals surface area contributed by atoms with E-state index >= 15 is 0 Å². The van der Waals surface area contributed by atoms with Crippen LogP contribution < -0.4 is 10.1 Å². The van der Waals surface area contributed by atoms with Crippen molar-refractivity contribution in [2.24, 2.45) is 5.92 Å². The Morgan fingerprint density at radius 1 is 1.09 bits per heavy atom. The van der Waals surface area contributed by atoms with Gasteiger partial charge in [0.1, 0.15) is 6.10 Å². The maximum atomic E-state index is 12.2. The molecule has 0 aromatic carbocycles. The van der Waals surface area contributed by atoms with Crippen molar-refractivity contribution in [1.29, 1.82) is 0 Å². The standard InChI is InChI=1S/C19H28N2O2/c22-18(14-15-6-2-1-3-7-15)21-16-9-11-17(12-10-16)23-19-8-4-5-13-20-19/h4-5,8,13,15-17H,1-3,6-7,9-12,14H2,(H,21,22). The van der Waals surface area contributed by atoms with Crippen LogP contribution >= 0.6 is 0 Å². The lowest BCUT2D eigenvalue weighted by atomic mass is 9.86. The molecule has 23 heavy (non-hydrogen) atoms. The molecule has 2 saturated carbocycles. The molecular weight excluding hydrogens is 288 g/mol. The number of carbonyl (C=O) groups excluding carboxylic acids is 1. The average molecular weight is 316 g/mol. The van der Waals surface area contributed by atoms with Crippen molar-refractivity contribution in [2.45, 2.75) is 76.4 Å². The minimum atomic E-state index is 0.233. The number of carbonyl (C=O) groups is 1. The Balaban J connectivity index is 1.36. The van der Waals surface area contributed by atoms with E-state index in [1.54, 1.807) is 6.20 Å². The molecule has 0 atom stereocenters. The van der Waals surface area contributed by atoms with Crippen LogP contribution in [0.1, 0.15) is 64.2 Å². The van der Waals surface area contributed by atoms with Gasteiger partial charge >= 0.3 is 0 Å². The topological polar surface area (TPSA) is 51.2 Å². The molecule has 1 aromatic heterocycles. The van der Waals surface area contributed by atoms with Gasteiger partial charge in [0.15, 0.2) is 0 Å². The lowest BCUT2D eigenvalue weighted by Gasteiger charge is -2.30. The predicted molar refractivity (Wildman–Crippen MR) is 90.2 cm³/mol. The van der Waals surface area contributed by atoms with Crippen molar-refractivity contribution in [3.8, 4) is 5.88 Å². The fourth-order valence-corrected chi connectivity index (χ4v) is 3.85. The molecule has 3 rings (SSSR count). The Hall–Kier alpha value is -1.58. The van der Waals surface area contributed by atoms with Crippen LogP contribution in [0.5, 0.6) is 5.88 Å². The summed E-state index contributed by atoms with van der Waals surface area (Å²) in [5, 5.41) is 3.24. The summed E-state index contributed by atoms with van der Waals surface area (Å²) in [5.74, 6) is 1.58. The maximum Gasteiger partial charge on any atom is 0.220 e. The molecule has 1 heterocycles. The third kappa shape index (κ3) is 5.22. The Bertz CT molecular complexity index is 477. The SMILES string of the molecule is O=C(CC1CCCCC1)NC1CCC(Oc2ccccn2)CC1. The molecule has 1 amide bonds. The quantitative estimate of drug-likeness (QED) is 0.897. The molecule has 2 aliphatic rings. The van der Waals surface area contributed by atoms with E-state index in [1.807, 2.05) is 18.2 Å². The minimum absolute atomic E-state index is 0.233. The Morgan fingerprint density at radius 3 is 2.57 bits per heavy atom. The molecule has 0 radical (unpaired) electrons. The van der Waals surface area contributed by atoms with Gasteiger partial charge < -0.3 is 10.1 Å². The van der Waals surface area contributed by atoms with Gasteiger partial charge in [-0.3, -0.25) is 4.79 Å². The number of amides is 1. The molecule has 2 aliphatic carbocycles. The summed E-state index contributed by atoms with van der Waals surface area (Å²) in [6, 6.07) is 6.07. The smallest absolute Gasteiger partial charge is 0.220 e. The van der Waals surface area contributed by atoms with E-state index in [1.165, 1.54) is 32.1 Å². The fourth-order valence-electron chi connectivity index (χ4n) is 3.85. The first-order valence-electron chi connectivity index (χ1n) is 9.16. The van der Waals surface area contributed by atoms with Crippen LogP contribution in [-0.2, 0) is 4.79 Å². The number of hydrogen-bond donors (Lipinski definition) is 1. The lowest BCUT2D eigenvalue weighted by molar-refractivity contribution is -0.123. The van der Waals surface area contributed by atoms with Gasteiger partial charge in [-0.25, -0.2) is 4.98 Å². The second-order valence-electron chi connectivity index (χ2n) is 7.04. The molecule has 2 fully saturated rings. The van der Waals surface area contributed by atoms with Gasteiger partial charge in [0.25, 0.3) is 0 Å². The predicted octanol–water partition coefficient (Wildman–Crippen LogP) is 3.86. The number of ether oxygens (including phenoxy) is 1. The molecular formula is C19H28N2O2. The van der Waals surface area contributed by atoms with Gasteiger partial charge in [0, 0.05) is 24.7 Å². The molecule has 0 aliphatic heterocycles. The van der Waals surface area contributed by atoms with Gasteiger partial charge in [-0.15, -0.1) is 0 Å². The van der Waals surface area contributed by atoms with Crippen LogP contribution in [0.15, 0.2) is 24.4 Å². The monoisotopic (exact) mass is 316 g/mol. The van der Waals surface area contributed by atoms with E-state index in [2.05, 4.69) is 10.3 Å². The number of nitrogens with one attached hydrogen (secondary N) is 1. The van der Waals surface area contributed by atoms with E-state index in [9.17, 15) is 4.79 Å². The summed E-state index contributed by atoms with van der Waals surface area (Å²) in [6.07, 6.45) is 13.1. The van der Waals surface area contributed by atoms with Gasteiger partial charge in [0.05, 0.1) is 0 Å². The van der Waals surface area contributed by atoms with E-state index in [4.69, 9.17) is 4.74 Å². The number of pyridine rings is 1. The van der Waals surface area contributed by atoms with E-state index in [0.29, 0.717) is 17.8 Å². The normalized spacial score (nSPS) is 25.7. The molecule has 126 valence electrons. The van der Waals surface area contributed by atoms with Crippen LogP contribution in [0, 0.1) is 5.92 Å². The van der Waals surface area contributed by atoms with Crippen LogP contribution in [0.25, 0.3) is 0 Å². The molecule has 0 unspecified atom stereocenters. The molecule has 1 N–H and O–H groups in total. The van der Waals surface area contributed by atoms with Crippen molar-refractivity contribution >= 4 is 5.91 Å². The Kier molecular flexibility index (Phi) is 5.89. The van der Waals surface area contributed by atoms with Gasteiger partial charge in [-0.2, -0.15) is 0 Å². The van der Waals surface area contributed by atoms with Crippen molar-refractivity contribution in [2.75, 3.05) is 0 Å².